The number of Topliss-reactive ketones (excluding diaryl/α,β-unsaturated/α-hetero) is 1. The number of hydrogen-bond acceptors (Lipinski definition) is 4. The van der Waals surface area contributed by atoms with Gasteiger partial charge in [0.15, 0.2) is 5.78 Å². The Labute approximate surface area is 128 Å². The smallest absolute Gasteiger partial charge is 0.312 e. The van der Waals surface area contributed by atoms with E-state index in [1.807, 2.05) is 32.9 Å². The van der Waals surface area contributed by atoms with Crippen molar-refractivity contribution < 1.29 is 14.5 Å². The molecule has 0 radical (unpaired) electrons. The molecule has 0 saturated heterocycles. The molecular weight excluding hydrogens is 282 g/mol. The van der Waals surface area contributed by atoms with Crippen LogP contribution in [0.25, 0.3) is 0 Å². The third kappa shape index (κ3) is 3.14. The molecule has 0 saturated carbocycles. The Kier molecular flexibility index (Phi) is 4.26. The van der Waals surface area contributed by atoms with Crippen LogP contribution in [0.5, 0.6) is 11.5 Å². The van der Waals surface area contributed by atoms with Crippen molar-refractivity contribution in [3.05, 3.63) is 62.7 Å². The first-order chi connectivity index (χ1) is 10.3. The van der Waals surface area contributed by atoms with E-state index in [9.17, 15) is 14.9 Å². The summed E-state index contributed by atoms with van der Waals surface area (Å²) in [7, 11) is 0. The van der Waals surface area contributed by atoms with Crippen molar-refractivity contribution in [2.24, 2.45) is 0 Å². The molecule has 2 aromatic carbocycles. The maximum absolute atomic E-state index is 11.4. The molecule has 2 rings (SSSR count). The quantitative estimate of drug-likeness (QED) is 0.473. The predicted molar refractivity (Wildman–Crippen MR) is 83.8 cm³/mol. The molecule has 0 aromatic heterocycles. The zero-order valence-corrected chi connectivity index (χ0v) is 13.0. The Bertz CT molecular complexity index is 765. The van der Waals surface area contributed by atoms with Gasteiger partial charge < -0.3 is 4.74 Å². The van der Waals surface area contributed by atoms with E-state index in [-0.39, 0.29) is 22.8 Å². The van der Waals surface area contributed by atoms with Crippen LogP contribution < -0.4 is 4.74 Å². The molecule has 0 fully saturated rings. The fraction of sp³-hybridized carbons (Fsp3) is 0.235. The van der Waals surface area contributed by atoms with Gasteiger partial charge in [0.2, 0.25) is 5.75 Å². The number of nitrogens with zero attached hydrogens (tertiary/aromatic N) is 1. The number of benzene rings is 2. The van der Waals surface area contributed by atoms with Crippen LogP contribution in [-0.2, 0) is 0 Å². The average Bonchev–Trinajstić information content (AvgIpc) is 2.44. The molecule has 0 unspecified atom stereocenters. The van der Waals surface area contributed by atoms with Gasteiger partial charge in [0.25, 0.3) is 0 Å². The fourth-order valence-electron chi connectivity index (χ4n) is 2.19. The highest BCUT2D eigenvalue weighted by atomic mass is 16.6. The predicted octanol–water partition coefficient (Wildman–Crippen LogP) is 4.51. The van der Waals surface area contributed by atoms with Crippen LogP contribution in [0.1, 0.15) is 34.0 Å². The lowest BCUT2D eigenvalue weighted by molar-refractivity contribution is -0.385. The number of carbonyl (C=O) groups excluding carboxylic acids is 1. The SMILES string of the molecule is CC(=O)c1ccc(Oc2cc(C)cc(C)c2C)c([N+](=O)[O-])c1. The summed E-state index contributed by atoms with van der Waals surface area (Å²) in [5, 5.41) is 11.2. The van der Waals surface area contributed by atoms with Gasteiger partial charge in [0.05, 0.1) is 4.92 Å². The van der Waals surface area contributed by atoms with Gasteiger partial charge in [-0.05, 0) is 62.6 Å². The number of hydrogen-bond donors (Lipinski definition) is 0. The van der Waals surface area contributed by atoms with Crippen LogP contribution in [0.3, 0.4) is 0 Å². The highest BCUT2D eigenvalue weighted by Gasteiger charge is 2.19. The number of aryl methyl sites for hydroxylation is 2. The minimum Gasteiger partial charge on any atom is -0.450 e. The summed E-state index contributed by atoms with van der Waals surface area (Å²) >= 11 is 0. The van der Waals surface area contributed by atoms with Crippen molar-refractivity contribution in [1.29, 1.82) is 0 Å². The highest BCUT2D eigenvalue weighted by Crippen LogP contribution is 2.35. The topological polar surface area (TPSA) is 69.4 Å². The van der Waals surface area contributed by atoms with Crippen molar-refractivity contribution in [3.63, 3.8) is 0 Å². The molecule has 0 heterocycles. The zero-order valence-electron chi connectivity index (χ0n) is 13.0. The average molecular weight is 299 g/mol. The molecule has 114 valence electrons. The molecule has 22 heavy (non-hydrogen) atoms. The Morgan fingerprint density at radius 3 is 2.36 bits per heavy atom. The summed E-state index contributed by atoms with van der Waals surface area (Å²) in [5.41, 5.74) is 3.07. The second kappa shape index (κ2) is 5.97. The van der Waals surface area contributed by atoms with Crippen LogP contribution in [-0.4, -0.2) is 10.7 Å². The Hall–Kier alpha value is -2.69. The van der Waals surface area contributed by atoms with E-state index < -0.39 is 4.92 Å². The minimum atomic E-state index is -0.542. The van der Waals surface area contributed by atoms with E-state index in [1.54, 1.807) is 0 Å². The second-order valence-corrected chi connectivity index (χ2v) is 5.30. The van der Waals surface area contributed by atoms with Gasteiger partial charge in [-0.15, -0.1) is 0 Å². The molecule has 5 nitrogen and oxygen atoms in total. The van der Waals surface area contributed by atoms with Crippen molar-refractivity contribution in [2.75, 3.05) is 0 Å². The molecule has 2 aromatic rings. The number of carbonyl (C=O) groups is 1. The first-order valence-electron chi connectivity index (χ1n) is 6.84. The van der Waals surface area contributed by atoms with Gasteiger partial charge in [0.1, 0.15) is 5.75 Å². The summed E-state index contributed by atoms with van der Waals surface area (Å²) < 4.78 is 5.75. The largest absolute Gasteiger partial charge is 0.450 e. The summed E-state index contributed by atoms with van der Waals surface area (Å²) in [5.74, 6) is 0.483. The molecular formula is C17H17NO4. The van der Waals surface area contributed by atoms with E-state index in [0.717, 1.165) is 16.7 Å². The third-order valence-corrected chi connectivity index (χ3v) is 3.55. The lowest BCUT2D eigenvalue weighted by atomic mass is 10.1. The minimum absolute atomic E-state index is 0.128. The summed E-state index contributed by atoms with van der Waals surface area (Å²) in [6, 6.07) is 8.10. The van der Waals surface area contributed by atoms with Gasteiger partial charge in [-0.3, -0.25) is 14.9 Å². The molecule has 0 atom stereocenters. The number of ketones is 1. The molecule has 0 N–H and O–H groups in total. The summed E-state index contributed by atoms with van der Waals surface area (Å²) in [6.45, 7) is 7.17. The Morgan fingerprint density at radius 1 is 1.09 bits per heavy atom. The first kappa shape index (κ1) is 15.7. The van der Waals surface area contributed by atoms with Gasteiger partial charge in [-0.25, -0.2) is 0 Å². The van der Waals surface area contributed by atoms with Crippen LogP contribution in [0, 0.1) is 30.9 Å². The molecule has 0 aliphatic heterocycles. The second-order valence-electron chi connectivity index (χ2n) is 5.30. The van der Waals surface area contributed by atoms with E-state index in [4.69, 9.17) is 4.74 Å². The lowest BCUT2D eigenvalue weighted by Gasteiger charge is -2.12. The van der Waals surface area contributed by atoms with Crippen LogP contribution >= 0.6 is 0 Å². The first-order valence-corrected chi connectivity index (χ1v) is 6.84. The Morgan fingerprint density at radius 2 is 1.77 bits per heavy atom. The van der Waals surface area contributed by atoms with E-state index in [0.29, 0.717) is 5.75 Å². The standard InChI is InChI=1S/C17H17NO4/c1-10-7-11(2)12(3)17(8-10)22-16-6-5-14(13(4)19)9-15(16)18(20)21/h5-9H,1-4H3. The number of ether oxygens (including phenoxy) is 1. The van der Waals surface area contributed by atoms with Crippen molar-refractivity contribution in [3.8, 4) is 11.5 Å². The van der Waals surface area contributed by atoms with Crippen molar-refractivity contribution in [2.45, 2.75) is 27.7 Å². The maximum Gasteiger partial charge on any atom is 0.312 e. The Balaban J connectivity index is 2.50. The van der Waals surface area contributed by atoms with Gasteiger partial charge >= 0.3 is 5.69 Å². The highest BCUT2D eigenvalue weighted by molar-refractivity contribution is 5.95. The molecule has 0 spiro atoms. The third-order valence-electron chi connectivity index (χ3n) is 3.55. The number of nitro groups is 1. The van der Waals surface area contributed by atoms with E-state index in [1.165, 1.54) is 25.1 Å². The normalized spacial score (nSPS) is 10.4. The van der Waals surface area contributed by atoms with Crippen molar-refractivity contribution in [1.82, 2.24) is 0 Å². The van der Waals surface area contributed by atoms with Crippen LogP contribution in [0.15, 0.2) is 30.3 Å². The fourth-order valence-corrected chi connectivity index (χ4v) is 2.19. The molecule has 0 aliphatic rings. The zero-order chi connectivity index (χ0) is 16.4. The van der Waals surface area contributed by atoms with Crippen LogP contribution in [0.2, 0.25) is 0 Å². The van der Waals surface area contributed by atoms with Gasteiger partial charge in [-0.1, -0.05) is 6.07 Å². The van der Waals surface area contributed by atoms with E-state index >= 15 is 0 Å². The molecule has 0 bridgehead atoms. The molecule has 0 aliphatic carbocycles. The number of rotatable bonds is 4. The molecule has 0 amide bonds. The van der Waals surface area contributed by atoms with Gasteiger partial charge in [0, 0.05) is 11.6 Å². The summed E-state index contributed by atoms with van der Waals surface area (Å²) in [4.78, 5) is 22.0. The summed E-state index contributed by atoms with van der Waals surface area (Å²) in [6.07, 6.45) is 0. The van der Waals surface area contributed by atoms with Crippen molar-refractivity contribution >= 4 is 11.5 Å². The van der Waals surface area contributed by atoms with Gasteiger partial charge in [-0.2, -0.15) is 0 Å². The molecule has 5 heteroatoms. The van der Waals surface area contributed by atoms with E-state index in [2.05, 4.69) is 0 Å². The number of nitro benzene ring substituents is 1. The van der Waals surface area contributed by atoms with Crippen LogP contribution in [0.4, 0.5) is 5.69 Å². The lowest BCUT2D eigenvalue weighted by Crippen LogP contribution is -1.99. The maximum atomic E-state index is 11.4. The monoisotopic (exact) mass is 299 g/mol.